The second kappa shape index (κ2) is 7.68. The average molecular weight is 330 g/mol. The minimum absolute atomic E-state index is 0.0473. The van der Waals surface area contributed by atoms with E-state index in [1.165, 1.54) is 12.1 Å². The number of carbonyl (C=O) groups excluding carboxylic acids is 1. The molecule has 4 nitrogen and oxygen atoms in total. The van der Waals surface area contributed by atoms with Gasteiger partial charge in [-0.1, -0.05) is 19.1 Å². The van der Waals surface area contributed by atoms with E-state index in [4.69, 9.17) is 0 Å². The molecule has 1 aromatic rings. The molecule has 0 aromatic heterocycles. The van der Waals surface area contributed by atoms with Crippen molar-refractivity contribution in [1.29, 1.82) is 0 Å². The van der Waals surface area contributed by atoms with E-state index in [1.807, 2.05) is 0 Å². The number of halogens is 3. The Labute approximate surface area is 133 Å². The summed E-state index contributed by atoms with van der Waals surface area (Å²) in [5.41, 5.74) is 0.807. The maximum atomic E-state index is 12.1. The van der Waals surface area contributed by atoms with Gasteiger partial charge in [0, 0.05) is 6.54 Å². The van der Waals surface area contributed by atoms with Gasteiger partial charge in [-0.25, -0.2) is 0 Å². The van der Waals surface area contributed by atoms with E-state index in [2.05, 4.69) is 22.3 Å². The Morgan fingerprint density at radius 3 is 2.65 bits per heavy atom. The molecule has 23 heavy (non-hydrogen) atoms. The largest absolute Gasteiger partial charge is 0.484 e. The van der Waals surface area contributed by atoms with Gasteiger partial charge in [0.05, 0.1) is 6.04 Å². The molecule has 2 atom stereocenters. The number of carbonyl (C=O) groups is 1. The van der Waals surface area contributed by atoms with E-state index < -0.39 is 12.8 Å². The molecule has 1 aromatic carbocycles. The van der Waals surface area contributed by atoms with Gasteiger partial charge < -0.3 is 15.4 Å². The van der Waals surface area contributed by atoms with Crippen LogP contribution in [-0.2, 0) is 11.3 Å². The van der Waals surface area contributed by atoms with Crippen molar-refractivity contribution in [3.63, 3.8) is 0 Å². The Morgan fingerprint density at radius 2 is 2.04 bits per heavy atom. The summed E-state index contributed by atoms with van der Waals surface area (Å²) in [6, 6.07) is 6.04. The maximum Gasteiger partial charge on any atom is 0.422 e. The normalized spacial score (nSPS) is 21.7. The number of nitrogens with one attached hydrogen (secondary N) is 2. The van der Waals surface area contributed by atoms with Gasteiger partial charge in [0.15, 0.2) is 6.61 Å². The van der Waals surface area contributed by atoms with Crippen LogP contribution in [0.25, 0.3) is 0 Å². The van der Waals surface area contributed by atoms with Crippen LogP contribution in [0.2, 0.25) is 0 Å². The first-order chi connectivity index (χ1) is 10.8. The van der Waals surface area contributed by atoms with Crippen LogP contribution in [0.5, 0.6) is 5.75 Å². The Kier molecular flexibility index (Phi) is 5.87. The molecule has 1 amide bonds. The first kappa shape index (κ1) is 17.6. The number of amides is 1. The van der Waals surface area contributed by atoms with Gasteiger partial charge in [-0.05, 0) is 43.0 Å². The summed E-state index contributed by atoms with van der Waals surface area (Å²) < 4.78 is 40.8. The standard InChI is InChI=1S/C16H21F3N2O2/c1-11-6-7-20-14(8-11)15(22)21-9-12-2-4-13(5-3-12)23-10-16(17,18)19/h2-5,11,14,20H,6-10H2,1H3,(H,21,22). The molecule has 128 valence electrons. The molecule has 0 bridgehead atoms. The molecule has 1 heterocycles. The summed E-state index contributed by atoms with van der Waals surface area (Å²) in [7, 11) is 0. The second-order valence-electron chi connectivity index (χ2n) is 5.90. The van der Waals surface area contributed by atoms with E-state index in [0.29, 0.717) is 12.5 Å². The van der Waals surface area contributed by atoms with E-state index in [0.717, 1.165) is 24.9 Å². The number of ether oxygens (including phenoxy) is 1. The van der Waals surface area contributed by atoms with Crippen molar-refractivity contribution in [2.24, 2.45) is 5.92 Å². The van der Waals surface area contributed by atoms with E-state index in [1.54, 1.807) is 12.1 Å². The Bertz CT molecular complexity index is 517. The Hall–Kier alpha value is -1.76. The zero-order chi connectivity index (χ0) is 16.9. The molecular weight excluding hydrogens is 309 g/mol. The van der Waals surface area contributed by atoms with Crippen molar-refractivity contribution in [3.8, 4) is 5.75 Å². The predicted octanol–water partition coefficient (Wildman–Crippen LogP) is 2.63. The van der Waals surface area contributed by atoms with Crippen LogP contribution in [0.1, 0.15) is 25.3 Å². The fourth-order valence-electron chi connectivity index (χ4n) is 2.49. The SMILES string of the molecule is CC1CCNC(C(=O)NCc2ccc(OCC(F)(F)F)cc2)C1. The number of benzene rings is 1. The molecule has 1 aliphatic heterocycles. The fraction of sp³-hybridized carbons (Fsp3) is 0.562. The van der Waals surface area contributed by atoms with E-state index in [-0.39, 0.29) is 17.7 Å². The number of alkyl halides is 3. The summed E-state index contributed by atoms with van der Waals surface area (Å²) in [6.07, 6.45) is -2.46. The second-order valence-corrected chi connectivity index (χ2v) is 5.90. The molecular formula is C16H21F3N2O2. The molecule has 0 spiro atoms. The van der Waals surface area contributed by atoms with Gasteiger partial charge in [0.25, 0.3) is 0 Å². The molecule has 0 radical (unpaired) electrons. The van der Waals surface area contributed by atoms with Crippen LogP contribution in [-0.4, -0.2) is 31.3 Å². The minimum Gasteiger partial charge on any atom is -0.484 e. The third-order valence-electron chi connectivity index (χ3n) is 3.78. The van der Waals surface area contributed by atoms with Crippen molar-refractivity contribution in [3.05, 3.63) is 29.8 Å². The van der Waals surface area contributed by atoms with E-state index >= 15 is 0 Å². The number of hydrogen-bond donors (Lipinski definition) is 2. The Balaban J connectivity index is 1.78. The topological polar surface area (TPSA) is 50.4 Å². The summed E-state index contributed by atoms with van der Waals surface area (Å²) >= 11 is 0. The highest BCUT2D eigenvalue weighted by atomic mass is 19.4. The smallest absolute Gasteiger partial charge is 0.422 e. The maximum absolute atomic E-state index is 12.1. The molecule has 1 fully saturated rings. The van der Waals surface area contributed by atoms with Crippen molar-refractivity contribution < 1.29 is 22.7 Å². The summed E-state index contributed by atoms with van der Waals surface area (Å²) in [4.78, 5) is 12.1. The molecule has 2 rings (SSSR count). The summed E-state index contributed by atoms with van der Waals surface area (Å²) in [6.45, 7) is 1.99. The summed E-state index contributed by atoms with van der Waals surface area (Å²) in [5.74, 6) is 0.631. The quantitative estimate of drug-likeness (QED) is 0.873. The van der Waals surface area contributed by atoms with Crippen LogP contribution in [0.3, 0.4) is 0 Å². The lowest BCUT2D eigenvalue weighted by molar-refractivity contribution is -0.153. The van der Waals surface area contributed by atoms with Crippen LogP contribution in [0.15, 0.2) is 24.3 Å². The van der Waals surface area contributed by atoms with Gasteiger partial charge in [0.2, 0.25) is 5.91 Å². The van der Waals surface area contributed by atoms with Crippen LogP contribution < -0.4 is 15.4 Å². The van der Waals surface area contributed by atoms with Crippen LogP contribution >= 0.6 is 0 Å². The lowest BCUT2D eigenvalue weighted by Gasteiger charge is -2.27. The zero-order valence-electron chi connectivity index (χ0n) is 13.0. The number of rotatable bonds is 5. The fourth-order valence-corrected chi connectivity index (χ4v) is 2.49. The average Bonchev–Trinajstić information content (AvgIpc) is 2.51. The molecule has 1 aliphatic rings. The van der Waals surface area contributed by atoms with Crippen molar-refractivity contribution >= 4 is 5.91 Å². The molecule has 0 saturated carbocycles. The first-order valence-corrected chi connectivity index (χ1v) is 7.63. The van der Waals surface area contributed by atoms with Crippen molar-refractivity contribution in [2.45, 2.75) is 38.5 Å². The highest BCUT2D eigenvalue weighted by Gasteiger charge is 2.28. The molecule has 0 aliphatic carbocycles. The van der Waals surface area contributed by atoms with Crippen molar-refractivity contribution in [1.82, 2.24) is 10.6 Å². The molecule has 1 saturated heterocycles. The lowest BCUT2D eigenvalue weighted by atomic mass is 9.94. The van der Waals surface area contributed by atoms with Crippen molar-refractivity contribution in [2.75, 3.05) is 13.2 Å². The van der Waals surface area contributed by atoms with Crippen LogP contribution in [0, 0.1) is 5.92 Å². The minimum atomic E-state index is -4.35. The highest BCUT2D eigenvalue weighted by Crippen LogP contribution is 2.19. The Morgan fingerprint density at radius 1 is 1.35 bits per heavy atom. The van der Waals surface area contributed by atoms with Gasteiger partial charge in [-0.2, -0.15) is 13.2 Å². The van der Waals surface area contributed by atoms with E-state index in [9.17, 15) is 18.0 Å². The van der Waals surface area contributed by atoms with Gasteiger partial charge in [0.1, 0.15) is 5.75 Å². The first-order valence-electron chi connectivity index (χ1n) is 7.63. The third-order valence-corrected chi connectivity index (χ3v) is 3.78. The number of piperidine rings is 1. The number of hydrogen-bond acceptors (Lipinski definition) is 3. The van der Waals surface area contributed by atoms with Gasteiger partial charge in [-0.3, -0.25) is 4.79 Å². The van der Waals surface area contributed by atoms with Crippen LogP contribution in [0.4, 0.5) is 13.2 Å². The lowest BCUT2D eigenvalue weighted by Crippen LogP contribution is -2.48. The third kappa shape index (κ3) is 6.09. The zero-order valence-corrected chi connectivity index (χ0v) is 13.0. The molecule has 7 heteroatoms. The highest BCUT2D eigenvalue weighted by molar-refractivity contribution is 5.81. The predicted molar refractivity (Wildman–Crippen MR) is 80.0 cm³/mol. The molecule has 2 unspecified atom stereocenters. The summed E-state index contributed by atoms with van der Waals surface area (Å²) in [5, 5.41) is 6.03. The van der Waals surface area contributed by atoms with Gasteiger partial charge >= 0.3 is 6.18 Å². The van der Waals surface area contributed by atoms with Gasteiger partial charge in [-0.15, -0.1) is 0 Å². The molecule has 2 N–H and O–H groups in total. The monoisotopic (exact) mass is 330 g/mol.